The van der Waals surface area contributed by atoms with Crippen molar-refractivity contribution in [2.24, 2.45) is 44.3 Å². The second-order valence-corrected chi connectivity index (χ2v) is 14.9. The second kappa shape index (κ2) is 6.54. The lowest BCUT2D eigenvalue weighted by Crippen LogP contribution is -2.64. The smallest absolute Gasteiger partial charge is 0.0658 e. The van der Waals surface area contributed by atoms with Gasteiger partial charge in [-0.3, -0.25) is 0 Å². The summed E-state index contributed by atoms with van der Waals surface area (Å²) in [4.78, 5) is 0. The van der Waals surface area contributed by atoms with E-state index in [0.29, 0.717) is 29.1 Å². The number of aliphatic hydroxyl groups excluding tert-OH is 2. The molecule has 0 spiro atoms. The van der Waals surface area contributed by atoms with Crippen molar-refractivity contribution in [1.82, 2.24) is 0 Å². The van der Waals surface area contributed by atoms with Crippen molar-refractivity contribution >= 4 is 0 Å². The molecule has 2 nitrogen and oxygen atoms in total. The molecule has 32 heavy (non-hydrogen) atoms. The number of hydrogen-bond acceptors (Lipinski definition) is 2. The number of fused-ring (bicyclic) bond motifs is 7. The zero-order chi connectivity index (χ0) is 23.5. The van der Waals surface area contributed by atoms with Crippen molar-refractivity contribution in [1.29, 1.82) is 0 Å². The molecule has 4 saturated carbocycles. The third-order valence-corrected chi connectivity index (χ3v) is 12.6. The molecule has 8 atom stereocenters. The topological polar surface area (TPSA) is 40.5 Å². The Morgan fingerprint density at radius 1 is 0.750 bits per heavy atom. The number of allylic oxidation sites excluding steroid dienone is 3. The van der Waals surface area contributed by atoms with Crippen molar-refractivity contribution in [3.63, 3.8) is 0 Å². The Kier molecular flexibility index (Phi) is 4.73. The van der Waals surface area contributed by atoms with Gasteiger partial charge in [-0.2, -0.15) is 0 Å². The van der Waals surface area contributed by atoms with Crippen LogP contribution in [0.2, 0.25) is 0 Å². The SMILES string of the molecule is CC1(C)CC[C@]2(C)CC[C@]3(C)C(=CC=C4[C@]5(C)C(CC[C@]43C)C(C)(C)[C@H](O)C[C@@H]5O)[C@H]2C1. The molecular formula is C30H48O2. The summed E-state index contributed by atoms with van der Waals surface area (Å²) in [6, 6.07) is 0. The maximum atomic E-state index is 11.5. The predicted octanol–water partition coefficient (Wildman–Crippen LogP) is 7.06. The average Bonchev–Trinajstić information content (AvgIpc) is 2.68. The Balaban J connectivity index is 1.65. The second-order valence-electron chi connectivity index (χ2n) is 14.9. The average molecular weight is 441 g/mol. The third kappa shape index (κ3) is 2.66. The Bertz CT molecular complexity index is 879. The number of hydrogen-bond donors (Lipinski definition) is 2. The van der Waals surface area contributed by atoms with Gasteiger partial charge in [-0.15, -0.1) is 0 Å². The van der Waals surface area contributed by atoms with E-state index in [9.17, 15) is 10.2 Å². The van der Waals surface area contributed by atoms with Gasteiger partial charge >= 0.3 is 0 Å². The van der Waals surface area contributed by atoms with Gasteiger partial charge in [-0.05, 0) is 83.9 Å². The van der Waals surface area contributed by atoms with Gasteiger partial charge in [0.1, 0.15) is 0 Å². The molecule has 0 radical (unpaired) electrons. The van der Waals surface area contributed by atoms with Crippen molar-refractivity contribution < 1.29 is 10.2 Å². The molecule has 0 bridgehead atoms. The molecule has 0 aliphatic heterocycles. The van der Waals surface area contributed by atoms with Crippen LogP contribution in [-0.4, -0.2) is 22.4 Å². The highest BCUT2D eigenvalue weighted by molar-refractivity contribution is 5.46. The highest BCUT2D eigenvalue weighted by atomic mass is 16.3. The minimum absolute atomic E-state index is 0.0879. The van der Waals surface area contributed by atoms with E-state index in [2.05, 4.69) is 67.5 Å². The Morgan fingerprint density at radius 2 is 1.41 bits per heavy atom. The van der Waals surface area contributed by atoms with E-state index in [-0.39, 0.29) is 21.7 Å². The molecule has 0 heterocycles. The molecule has 180 valence electrons. The lowest BCUT2D eigenvalue weighted by molar-refractivity contribution is -0.175. The molecule has 0 saturated heterocycles. The van der Waals surface area contributed by atoms with Gasteiger partial charge < -0.3 is 10.2 Å². The van der Waals surface area contributed by atoms with Gasteiger partial charge in [0.25, 0.3) is 0 Å². The van der Waals surface area contributed by atoms with Crippen molar-refractivity contribution in [2.45, 2.75) is 119 Å². The van der Waals surface area contributed by atoms with Gasteiger partial charge in [0.15, 0.2) is 0 Å². The van der Waals surface area contributed by atoms with E-state index >= 15 is 0 Å². The monoisotopic (exact) mass is 440 g/mol. The van der Waals surface area contributed by atoms with Crippen LogP contribution < -0.4 is 0 Å². The molecule has 0 aromatic carbocycles. The summed E-state index contributed by atoms with van der Waals surface area (Å²) in [6.07, 6.45) is 13.5. The van der Waals surface area contributed by atoms with Crippen LogP contribution in [0, 0.1) is 44.3 Å². The summed E-state index contributed by atoms with van der Waals surface area (Å²) in [6.45, 7) is 19.4. The molecule has 0 aromatic heterocycles. The van der Waals surface area contributed by atoms with Crippen molar-refractivity contribution in [3.8, 4) is 0 Å². The summed E-state index contributed by atoms with van der Waals surface area (Å²) >= 11 is 0. The Hall–Kier alpha value is -0.600. The van der Waals surface area contributed by atoms with Crippen molar-refractivity contribution in [2.75, 3.05) is 0 Å². The molecular weight excluding hydrogens is 392 g/mol. The molecule has 2 N–H and O–H groups in total. The first-order chi connectivity index (χ1) is 14.6. The number of aliphatic hydroxyl groups is 2. The van der Waals surface area contributed by atoms with Gasteiger partial charge in [0, 0.05) is 11.8 Å². The van der Waals surface area contributed by atoms with Crippen LogP contribution >= 0.6 is 0 Å². The fraction of sp³-hybridized carbons (Fsp3) is 0.867. The van der Waals surface area contributed by atoms with Crippen LogP contribution in [-0.2, 0) is 0 Å². The van der Waals surface area contributed by atoms with Crippen LogP contribution in [0.4, 0.5) is 0 Å². The molecule has 5 rings (SSSR count). The molecule has 5 aliphatic rings. The Morgan fingerprint density at radius 3 is 2.09 bits per heavy atom. The minimum Gasteiger partial charge on any atom is -0.392 e. The van der Waals surface area contributed by atoms with Crippen LogP contribution in [0.3, 0.4) is 0 Å². The minimum atomic E-state index is -0.470. The zero-order valence-corrected chi connectivity index (χ0v) is 22.0. The van der Waals surface area contributed by atoms with E-state index in [1.54, 1.807) is 5.57 Å². The van der Waals surface area contributed by atoms with Gasteiger partial charge in [0.2, 0.25) is 0 Å². The highest BCUT2D eigenvalue weighted by Gasteiger charge is 2.67. The largest absolute Gasteiger partial charge is 0.392 e. The van der Waals surface area contributed by atoms with Crippen LogP contribution in [0.5, 0.6) is 0 Å². The first-order valence-corrected chi connectivity index (χ1v) is 13.4. The van der Waals surface area contributed by atoms with Gasteiger partial charge in [-0.1, -0.05) is 78.7 Å². The molecule has 2 heteroatoms. The van der Waals surface area contributed by atoms with E-state index in [1.165, 1.54) is 44.1 Å². The number of rotatable bonds is 0. The summed E-state index contributed by atoms with van der Waals surface area (Å²) < 4.78 is 0. The summed E-state index contributed by atoms with van der Waals surface area (Å²) in [5.41, 5.74) is 3.91. The molecule has 0 amide bonds. The maximum absolute atomic E-state index is 11.5. The fourth-order valence-electron chi connectivity index (χ4n) is 9.75. The first-order valence-electron chi connectivity index (χ1n) is 13.4. The first kappa shape index (κ1) is 23.2. The van der Waals surface area contributed by atoms with Gasteiger partial charge in [0.05, 0.1) is 12.2 Å². The summed E-state index contributed by atoms with van der Waals surface area (Å²) in [7, 11) is 0. The van der Waals surface area contributed by atoms with E-state index in [1.807, 2.05) is 0 Å². The van der Waals surface area contributed by atoms with E-state index in [0.717, 1.165) is 6.42 Å². The highest BCUT2D eigenvalue weighted by Crippen LogP contribution is 2.74. The normalized spacial score (nSPS) is 53.7. The van der Waals surface area contributed by atoms with Crippen LogP contribution in [0.25, 0.3) is 0 Å². The standard InChI is InChI=1S/C30H48O2/c1-25(2)13-14-27(5)15-16-28(6)19(20(27)18-25)9-10-22-29(28,7)12-11-21-26(3,4)23(31)17-24(32)30(21,22)8/h9-10,20-21,23-24,31-32H,11-18H2,1-8H3/t20-,21?,23-,24+,27-,28-,29-,30+/m1/s1. The van der Waals surface area contributed by atoms with Crippen LogP contribution in [0.1, 0.15) is 107 Å². The molecule has 5 aliphatic carbocycles. The zero-order valence-electron chi connectivity index (χ0n) is 22.0. The van der Waals surface area contributed by atoms with E-state index in [4.69, 9.17) is 0 Å². The maximum Gasteiger partial charge on any atom is 0.0658 e. The summed E-state index contributed by atoms with van der Waals surface area (Å²) in [5, 5.41) is 22.3. The fourth-order valence-corrected chi connectivity index (χ4v) is 9.75. The Labute approximate surface area is 197 Å². The quantitative estimate of drug-likeness (QED) is 0.423. The summed E-state index contributed by atoms with van der Waals surface area (Å²) in [5.74, 6) is 0.994. The van der Waals surface area contributed by atoms with E-state index < -0.39 is 12.2 Å². The van der Waals surface area contributed by atoms with Gasteiger partial charge in [-0.25, -0.2) is 0 Å². The predicted molar refractivity (Wildman–Crippen MR) is 132 cm³/mol. The van der Waals surface area contributed by atoms with Crippen molar-refractivity contribution in [3.05, 3.63) is 23.3 Å². The molecule has 1 unspecified atom stereocenters. The third-order valence-electron chi connectivity index (χ3n) is 12.6. The lowest BCUT2D eigenvalue weighted by atomic mass is 9.36. The van der Waals surface area contributed by atoms with Crippen LogP contribution in [0.15, 0.2) is 23.3 Å². The molecule has 0 aromatic rings. The lowest BCUT2D eigenvalue weighted by Gasteiger charge is -2.69. The molecule has 4 fully saturated rings.